The molecule has 0 aliphatic heterocycles. The lowest BCUT2D eigenvalue weighted by molar-refractivity contribution is 0.350. The molecular formula is C16H22ClN3. The normalized spacial score (nSPS) is 11.8. The average Bonchev–Trinajstić information content (AvgIpc) is 2.42. The molecule has 0 saturated carbocycles. The van der Waals surface area contributed by atoms with Crippen LogP contribution in [0.3, 0.4) is 0 Å². The molecule has 0 aliphatic rings. The molecule has 3 nitrogen and oxygen atoms in total. The summed E-state index contributed by atoms with van der Waals surface area (Å²) < 4.78 is 0. The van der Waals surface area contributed by atoms with E-state index >= 15 is 0 Å². The highest BCUT2D eigenvalue weighted by atomic mass is 35.5. The van der Waals surface area contributed by atoms with E-state index in [2.05, 4.69) is 24.1 Å². The number of pyridine rings is 1. The molecule has 4 heteroatoms. The number of hydrogen-bond donors (Lipinski definition) is 2. The van der Waals surface area contributed by atoms with Gasteiger partial charge in [-0.25, -0.2) is 0 Å². The van der Waals surface area contributed by atoms with Gasteiger partial charge in [0.05, 0.1) is 5.52 Å². The molecule has 2 rings (SSSR count). The van der Waals surface area contributed by atoms with Crippen molar-refractivity contribution in [3.05, 3.63) is 35.5 Å². The molecule has 20 heavy (non-hydrogen) atoms. The van der Waals surface area contributed by atoms with Gasteiger partial charge in [-0.15, -0.1) is 0 Å². The summed E-state index contributed by atoms with van der Waals surface area (Å²) in [5.41, 5.74) is 7.84. The van der Waals surface area contributed by atoms with Gasteiger partial charge in [0, 0.05) is 28.8 Å². The Kier molecular flexibility index (Phi) is 4.84. The van der Waals surface area contributed by atoms with Gasteiger partial charge in [0.2, 0.25) is 0 Å². The molecule has 1 aromatic carbocycles. The summed E-state index contributed by atoms with van der Waals surface area (Å²) in [5.74, 6) is 0. The Bertz CT molecular complexity index is 581. The number of hydrogen-bond acceptors (Lipinski definition) is 3. The van der Waals surface area contributed by atoms with E-state index in [4.69, 9.17) is 17.3 Å². The summed E-state index contributed by atoms with van der Waals surface area (Å²) in [4.78, 5) is 4.36. The Labute approximate surface area is 125 Å². The van der Waals surface area contributed by atoms with Gasteiger partial charge in [-0.3, -0.25) is 4.98 Å². The third kappa shape index (κ3) is 3.84. The fraction of sp³-hybridized carbons (Fsp3) is 0.438. The van der Waals surface area contributed by atoms with E-state index in [1.807, 2.05) is 30.5 Å². The second-order valence-corrected chi connectivity index (χ2v) is 6.37. The molecule has 0 atom stereocenters. The molecule has 0 spiro atoms. The highest BCUT2D eigenvalue weighted by molar-refractivity contribution is 6.31. The van der Waals surface area contributed by atoms with Crippen LogP contribution in [0, 0.1) is 5.41 Å². The average molecular weight is 292 g/mol. The summed E-state index contributed by atoms with van der Waals surface area (Å²) >= 11 is 6.01. The van der Waals surface area contributed by atoms with Crippen molar-refractivity contribution in [1.82, 2.24) is 4.98 Å². The quantitative estimate of drug-likeness (QED) is 0.843. The van der Waals surface area contributed by atoms with Crippen LogP contribution in [-0.2, 0) is 0 Å². The zero-order valence-electron chi connectivity index (χ0n) is 12.1. The SMILES string of the molecule is CC(C)(CCCN)CNc1ccnc2cc(Cl)ccc12. The minimum atomic E-state index is 0.224. The van der Waals surface area contributed by atoms with Crippen LogP contribution in [0.5, 0.6) is 0 Å². The number of fused-ring (bicyclic) bond motifs is 1. The predicted molar refractivity (Wildman–Crippen MR) is 87.3 cm³/mol. The molecule has 108 valence electrons. The molecule has 0 aliphatic carbocycles. The van der Waals surface area contributed by atoms with Crippen LogP contribution < -0.4 is 11.1 Å². The number of anilines is 1. The molecule has 0 unspecified atom stereocenters. The van der Waals surface area contributed by atoms with E-state index in [1.54, 1.807) is 0 Å². The zero-order valence-corrected chi connectivity index (χ0v) is 12.9. The van der Waals surface area contributed by atoms with E-state index in [0.29, 0.717) is 5.02 Å². The molecule has 2 aromatic rings. The zero-order chi connectivity index (χ0) is 14.6. The van der Waals surface area contributed by atoms with Crippen molar-refractivity contribution in [2.75, 3.05) is 18.4 Å². The Morgan fingerprint density at radius 2 is 2.10 bits per heavy atom. The van der Waals surface area contributed by atoms with Gasteiger partial charge in [0.1, 0.15) is 0 Å². The van der Waals surface area contributed by atoms with Gasteiger partial charge in [0.25, 0.3) is 0 Å². The van der Waals surface area contributed by atoms with Crippen molar-refractivity contribution in [1.29, 1.82) is 0 Å². The first-order valence-electron chi connectivity index (χ1n) is 7.00. The van der Waals surface area contributed by atoms with E-state index in [0.717, 1.165) is 42.5 Å². The van der Waals surface area contributed by atoms with E-state index in [-0.39, 0.29) is 5.41 Å². The minimum Gasteiger partial charge on any atom is -0.384 e. The number of aromatic nitrogens is 1. The van der Waals surface area contributed by atoms with Crippen LogP contribution in [0.4, 0.5) is 5.69 Å². The van der Waals surface area contributed by atoms with Gasteiger partial charge in [-0.1, -0.05) is 25.4 Å². The number of nitrogens with two attached hydrogens (primary N) is 1. The minimum absolute atomic E-state index is 0.224. The predicted octanol–water partition coefficient (Wildman–Crippen LogP) is 4.07. The highest BCUT2D eigenvalue weighted by Gasteiger charge is 2.17. The van der Waals surface area contributed by atoms with Gasteiger partial charge in [-0.05, 0) is 49.1 Å². The van der Waals surface area contributed by atoms with Crippen LogP contribution in [0.2, 0.25) is 5.02 Å². The summed E-state index contributed by atoms with van der Waals surface area (Å²) in [6.07, 6.45) is 3.99. The van der Waals surface area contributed by atoms with Crippen molar-refractivity contribution in [2.24, 2.45) is 11.1 Å². The van der Waals surface area contributed by atoms with E-state index in [1.165, 1.54) is 0 Å². The lowest BCUT2D eigenvalue weighted by Gasteiger charge is -2.25. The third-order valence-corrected chi connectivity index (χ3v) is 3.75. The van der Waals surface area contributed by atoms with Gasteiger partial charge < -0.3 is 11.1 Å². The van der Waals surface area contributed by atoms with Crippen molar-refractivity contribution >= 4 is 28.2 Å². The summed E-state index contributed by atoms with van der Waals surface area (Å²) in [7, 11) is 0. The Morgan fingerprint density at radius 1 is 1.30 bits per heavy atom. The smallest absolute Gasteiger partial charge is 0.0737 e. The van der Waals surface area contributed by atoms with Crippen LogP contribution >= 0.6 is 11.6 Å². The highest BCUT2D eigenvalue weighted by Crippen LogP contribution is 2.27. The van der Waals surface area contributed by atoms with Gasteiger partial charge in [0.15, 0.2) is 0 Å². The van der Waals surface area contributed by atoms with Crippen LogP contribution in [0.25, 0.3) is 10.9 Å². The van der Waals surface area contributed by atoms with Crippen LogP contribution in [0.1, 0.15) is 26.7 Å². The van der Waals surface area contributed by atoms with E-state index < -0.39 is 0 Å². The fourth-order valence-corrected chi connectivity index (χ4v) is 2.45. The second-order valence-electron chi connectivity index (χ2n) is 5.93. The molecule has 0 amide bonds. The third-order valence-electron chi connectivity index (χ3n) is 3.52. The molecule has 0 radical (unpaired) electrons. The number of halogens is 1. The first kappa shape index (κ1) is 15.1. The maximum atomic E-state index is 6.01. The standard InChI is InChI=1S/C16H22ClN3/c1-16(2,7-3-8-18)11-20-14-6-9-19-15-10-12(17)4-5-13(14)15/h4-6,9-10H,3,7-8,11,18H2,1-2H3,(H,19,20). The lowest BCUT2D eigenvalue weighted by Crippen LogP contribution is -2.24. The number of nitrogens with one attached hydrogen (secondary N) is 1. The largest absolute Gasteiger partial charge is 0.384 e. The molecule has 1 aromatic heterocycles. The van der Waals surface area contributed by atoms with Gasteiger partial charge in [-0.2, -0.15) is 0 Å². The Balaban J connectivity index is 2.14. The molecule has 0 fully saturated rings. The Hall–Kier alpha value is -1.32. The number of rotatable bonds is 6. The van der Waals surface area contributed by atoms with Crippen molar-refractivity contribution in [3.63, 3.8) is 0 Å². The summed E-state index contributed by atoms with van der Waals surface area (Å²) in [6, 6.07) is 7.81. The topological polar surface area (TPSA) is 50.9 Å². The monoisotopic (exact) mass is 291 g/mol. The van der Waals surface area contributed by atoms with Crippen molar-refractivity contribution < 1.29 is 0 Å². The first-order valence-corrected chi connectivity index (χ1v) is 7.38. The number of nitrogens with zero attached hydrogens (tertiary/aromatic N) is 1. The van der Waals surface area contributed by atoms with Crippen LogP contribution in [0.15, 0.2) is 30.5 Å². The van der Waals surface area contributed by atoms with Crippen LogP contribution in [-0.4, -0.2) is 18.1 Å². The Morgan fingerprint density at radius 3 is 2.85 bits per heavy atom. The fourth-order valence-electron chi connectivity index (χ4n) is 2.28. The van der Waals surface area contributed by atoms with E-state index in [9.17, 15) is 0 Å². The molecule has 0 saturated heterocycles. The second kappa shape index (κ2) is 6.42. The van der Waals surface area contributed by atoms with Crippen molar-refractivity contribution in [3.8, 4) is 0 Å². The number of benzene rings is 1. The summed E-state index contributed by atoms with van der Waals surface area (Å²) in [6.45, 7) is 6.18. The molecule has 1 heterocycles. The summed E-state index contributed by atoms with van der Waals surface area (Å²) in [5, 5.41) is 5.35. The molecular weight excluding hydrogens is 270 g/mol. The maximum Gasteiger partial charge on any atom is 0.0737 e. The van der Waals surface area contributed by atoms with Crippen molar-refractivity contribution in [2.45, 2.75) is 26.7 Å². The maximum absolute atomic E-state index is 6.01. The molecule has 0 bridgehead atoms. The van der Waals surface area contributed by atoms with Gasteiger partial charge >= 0.3 is 0 Å². The molecule has 3 N–H and O–H groups in total. The first-order chi connectivity index (χ1) is 9.52. The lowest BCUT2D eigenvalue weighted by atomic mass is 9.87.